The predicted octanol–water partition coefficient (Wildman–Crippen LogP) is 3.25. The van der Waals surface area contributed by atoms with Gasteiger partial charge in [-0.15, -0.1) is 0 Å². The molecule has 1 N–H and O–H groups in total. The number of hydrogen-bond acceptors (Lipinski definition) is 2. The van der Waals surface area contributed by atoms with Crippen LogP contribution in [0.3, 0.4) is 0 Å². The van der Waals surface area contributed by atoms with Crippen LogP contribution in [0, 0.1) is 0 Å². The first-order valence-electron chi connectivity index (χ1n) is 7.80. The van der Waals surface area contributed by atoms with Gasteiger partial charge in [-0.2, -0.15) is 0 Å². The highest BCUT2D eigenvalue weighted by Crippen LogP contribution is 2.26. The topological polar surface area (TPSA) is 15.3 Å². The van der Waals surface area contributed by atoms with Crippen LogP contribution in [0.4, 0.5) is 0 Å². The van der Waals surface area contributed by atoms with Gasteiger partial charge in [-0.25, -0.2) is 0 Å². The van der Waals surface area contributed by atoms with Gasteiger partial charge in [0.05, 0.1) is 0 Å². The van der Waals surface area contributed by atoms with Crippen LogP contribution in [0.15, 0.2) is 30.3 Å². The average molecular weight is 260 g/mol. The minimum atomic E-state index is 0.664. The van der Waals surface area contributed by atoms with Gasteiger partial charge < -0.3 is 10.2 Å². The molecule has 2 atom stereocenters. The van der Waals surface area contributed by atoms with E-state index in [9.17, 15) is 0 Å². The number of nitrogens with one attached hydrogen (secondary N) is 1. The number of nitrogens with zero attached hydrogens (tertiary/aromatic N) is 1. The highest BCUT2D eigenvalue weighted by Gasteiger charge is 2.23. The summed E-state index contributed by atoms with van der Waals surface area (Å²) in [4.78, 5) is 2.64. The lowest BCUT2D eigenvalue weighted by molar-refractivity contribution is 0.318. The van der Waals surface area contributed by atoms with E-state index < -0.39 is 0 Å². The van der Waals surface area contributed by atoms with Gasteiger partial charge in [0.15, 0.2) is 0 Å². The van der Waals surface area contributed by atoms with E-state index in [4.69, 9.17) is 0 Å². The number of hydrogen-bond donors (Lipinski definition) is 1. The quantitative estimate of drug-likeness (QED) is 0.809. The second kappa shape index (κ2) is 7.66. The molecule has 2 nitrogen and oxygen atoms in total. The highest BCUT2D eigenvalue weighted by atomic mass is 15.1. The van der Waals surface area contributed by atoms with E-state index in [1.54, 1.807) is 0 Å². The molecule has 1 fully saturated rings. The molecule has 0 amide bonds. The molecule has 1 aromatic carbocycles. The van der Waals surface area contributed by atoms with Gasteiger partial charge in [-0.05, 0) is 57.3 Å². The largest absolute Gasteiger partial charge is 0.315 e. The molecule has 1 saturated heterocycles. The zero-order valence-electron chi connectivity index (χ0n) is 12.4. The number of likely N-dealkylation sites (tertiary alicyclic amines) is 1. The Hall–Kier alpha value is -0.860. The molecular weight excluding hydrogens is 232 g/mol. The van der Waals surface area contributed by atoms with Crippen LogP contribution >= 0.6 is 0 Å². The molecule has 19 heavy (non-hydrogen) atoms. The molecule has 1 heterocycles. The number of benzene rings is 1. The molecule has 2 heteroatoms. The Morgan fingerprint density at radius 2 is 2.11 bits per heavy atom. The summed E-state index contributed by atoms with van der Waals surface area (Å²) in [7, 11) is 0. The fourth-order valence-electron chi connectivity index (χ4n) is 3.10. The fraction of sp³-hybridized carbons (Fsp3) is 0.647. The summed E-state index contributed by atoms with van der Waals surface area (Å²) in [6, 6.07) is 11.7. The van der Waals surface area contributed by atoms with Crippen LogP contribution in [0.1, 0.15) is 44.6 Å². The Balaban J connectivity index is 1.68. The van der Waals surface area contributed by atoms with Crippen molar-refractivity contribution in [3.8, 4) is 0 Å². The van der Waals surface area contributed by atoms with Gasteiger partial charge in [0.2, 0.25) is 0 Å². The van der Waals surface area contributed by atoms with Crippen molar-refractivity contribution >= 4 is 0 Å². The lowest BCUT2D eigenvalue weighted by Gasteiger charge is -2.18. The maximum Gasteiger partial charge on any atom is 0.00507 e. The van der Waals surface area contributed by atoms with Crippen molar-refractivity contribution in [2.24, 2.45) is 0 Å². The van der Waals surface area contributed by atoms with Crippen LogP contribution < -0.4 is 5.32 Å². The van der Waals surface area contributed by atoms with E-state index in [1.807, 2.05) is 0 Å². The normalized spacial score (nSPS) is 21.7. The van der Waals surface area contributed by atoms with Crippen LogP contribution in [0.5, 0.6) is 0 Å². The van der Waals surface area contributed by atoms with Crippen molar-refractivity contribution in [2.75, 3.05) is 26.2 Å². The van der Waals surface area contributed by atoms with Gasteiger partial charge in [0, 0.05) is 12.6 Å². The van der Waals surface area contributed by atoms with Crippen LogP contribution in [-0.4, -0.2) is 37.1 Å². The molecule has 0 aliphatic carbocycles. The van der Waals surface area contributed by atoms with Crippen molar-refractivity contribution in [2.45, 2.75) is 45.1 Å². The molecule has 1 aliphatic rings. The van der Waals surface area contributed by atoms with Crippen molar-refractivity contribution in [1.29, 1.82) is 0 Å². The Morgan fingerprint density at radius 3 is 2.84 bits per heavy atom. The van der Waals surface area contributed by atoms with E-state index in [2.05, 4.69) is 54.4 Å². The van der Waals surface area contributed by atoms with Crippen LogP contribution in [0.2, 0.25) is 0 Å². The van der Waals surface area contributed by atoms with Gasteiger partial charge in [-0.3, -0.25) is 0 Å². The summed E-state index contributed by atoms with van der Waals surface area (Å²) in [5, 5.41) is 3.49. The summed E-state index contributed by atoms with van der Waals surface area (Å²) in [5.74, 6) is 0.757. The minimum absolute atomic E-state index is 0.664. The van der Waals surface area contributed by atoms with Crippen molar-refractivity contribution < 1.29 is 0 Å². The van der Waals surface area contributed by atoms with Crippen LogP contribution in [-0.2, 0) is 0 Å². The van der Waals surface area contributed by atoms with Gasteiger partial charge in [0.25, 0.3) is 0 Å². The zero-order valence-corrected chi connectivity index (χ0v) is 12.4. The summed E-state index contributed by atoms with van der Waals surface area (Å²) in [6.07, 6.45) is 3.93. The lowest BCUT2D eigenvalue weighted by atomic mass is 9.99. The fourth-order valence-corrected chi connectivity index (χ4v) is 3.10. The third-order valence-electron chi connectivity index (χ3n) is 4.21. The Bertz CT molecular complexity index is 350. The minimum Gasteiger partial charge on any atom is -0.315 e. The molecule has 106 valence electrons. The van der Waals surface area contributed by atoms with E-state index in [-0.39, 0.29) is 0 Å². The Kier molecular flexibility index (Phi) is 5.87. The predicted molar refractivity (Wildman–Crippen MR) is 82.6 cm³/mol. The van der Waals surface area contributed by atoms with Crippen molar-refractivity contribution in [3.05, 3.63) is 35.9 Å². The van der Waals surface area contributed by atoms with Crippen molar-refractivity contribution in [3.63, 3.8) is 0 Å². The first-order valence-corrected chi connectivity index (χ1v) is 7.80. The van der Waals surface area contributed by atoms with Gasteiger partial charge >= 0.3 is 0 Å². The lowest BCUT2D eigenvalue weighted by Crippen LogP contribution is -2.28. The molecule has 1 aliphatic heterocycles. The van der Waals surface area contributed by atoms with Gasteiger partial charge in [-0.1, -0.05) is 37.3 Å². The summed E-state index contributed by atoms with van der Waals surface area (Å²) < 4.78 is 0. The standard InChI is InChI=1S/C17H28N2/c1-3-18-15(2)8-7-12-19-13-11-17(14-19)16-9-5-4-6-10-16/h4-6,9-10,15,17-18H,3,7-8,11-14H2,1-2H3. The third-order valence-corrected chi connectivity index (χ3v) is 4.21. The monoisotopic (exact) mass is 260 g/mol. The average Bonchev–Trinajstić information content (AvgIpc) is 2.89. The molecule has 0 spiro atoms. The third kappa shape index (κ3) is 4.63. The zero-order chi connectivity index (χ0) is 13.5. The maximum atomic E-state index is 3.49. The Labute approximate surface area is 118 Å². The Morgan fingerprint density at radius 1 is 1.32 bits per heavy atom. The second-order valence-corrected chi connectivity index (χ2v) is 5.80. The number of rotatable bonds is 7. The first kappa shape index (κ1) is 14.5. The maximum absolute atomic E-state index is 3.49. The van der Waals surface area contributed by atoms with E-state index in [1.165, 1.54) is 44.5 Å². The summed E-state index contributed by atoms with van der Waals surface area (Å²) in [6.45, 7) is 9.34. The van der Waals surface area contributed by atoms with E-state index in [0.717, 1.165) is 12.5 Å². The first-order chi connectivity index (χ1) is 9.29. The molecule has 0 radical (unpaired) electrons. The molecule has 2 unspecified atom stereocenters. The molecular formula is C17H28N2. The van der Waals surface area contributed by atoms with E-state index in [0.29, 0.717) is 6.04 Å². The molecule has 0 bridgehead atoms. The molecule has 1 aromatic rings. The summed E-state index contributed by atoms with van der Waals surface area (Å²) in [5.41, 5.74) is 1.52. The van der Waals surface area contributed by atoms with E-state index >= 15 is 0 Å². The van der Waals surface area contributed by atoms with Gasteiger partial charge in [0.1, 0.15) is 0 Å². The highest BCUT2D eigenvalue weighted by molar-refractivity contribution is 5.20. The second-order valence-electron chi connectivity index (χ2n) is 5.80. The van der Waals surface area contributed by atoms with Crippen molar-refractivity contribution in [1.82, 2.24) is 10.2 Å². The van der Waals surface area contributed by atoms with Crippen LogP contribution in [0.25, 0.3) is 0 Å². The SMILES string of the molecule is CCNC(C)CCCN1CCC(c2ccccc2)C1. The summed E-state index contributed by atoms with van der Waals surface area (Å²) >= 11 is 0. The smallest absolute Gasteiger partial charge is 0.00507 e. The molecule has 0 saturated carbocycles. The molecule has 2 rings (SSSR count). The molecule has 0 aromatic heterocycles.